The van der Waals surface area contributed by atoms with Crippen molar-refractivity contribution in [1.29, 1.82) is 0 Å². The molecule has 0 amide bonds. The Labute approximate surface area is 113 Å². The van der Waals surface area contributed by atoms with E-state index < -0.39 is 0 Å². The number of nitrogens with one attached hydrogen (secondary N) is 1. The summed E-state index contributed by atoms with van der Waals surface area (Å²) in [4.78, 5) is 0. The van der Waals surface area contributed by atoms with Crippen LogP contribution >= 0.6 is 0 Å². The Hall–Kier alpha value is -1.68. The molecule has 0 saturated carbocycles. The van der Waals surface area contributed by atoms with E-state index in [0.717, 1.165) is 18.5 Å². The van der Waals surface area contributed by atoms with E-state index >= 15 is 0 Å². The number of rotatable bonds is 5. The van der Waals surface area contributed by atoms with Crippen molar-refractivity contribution >= 4 is 0 Å². The lowest BCUT2D eigenvalue weighted by Gasteiger charge is -2.17. The van der Waals surface area contributed by atoms with Crippen LogP contribution < -0.4 is 5.32 Å². The topological polar surface area (TPSA) is 29.9 Å². The Morgan fingerprint density at radius 2 is 2.21 bits per heavy atom. The monoisotopic (exact) mass is 261 g/mol. The number of nitrogens with zero attached hydrogens (tertiary/aromatic N) is 2. The number of halogens is 1. The highest BCUT2D eigenvalue weighted by Crippen LogP contribution is 2.22. The Morgan fingerprint density at radius 1 is 1.42 bits per heavy atom. The summed E-state index contributed by atoms with van der Waals surface area (Å²) in [5.41, 5.74) is 2.51. The fourth-order valence-electron chi connectivity index (χ4n) is 2.23. The predicted molar refractivity (Wildman–Crippen MR) is 74.5 cm³/mol. The second-order valence-electron chi connectivity index (χ2n) is 4.73. The first-order valence-electron chi connectivity index (χ1n) is 6.59. The fourth-order valence-corrected chi connectivity index (χ4v) is 2.23. The van der Waals surface area contributed by atoms with Crippen molar-refractivity contribution in [3.05, 3.63) is 53.1 Å². The Bertz CT molecular complexity index is 548. The molecule has 0 fully saturated rings. The highest BCUT2D eigenvalue weighted by Gasteiger charge is 2.16. The van der Waals surface area contributed by atoms with E-state index in [2.05, 4.69) is 10.4 Å². The molecule has 0 aliphatic carbocycles. The maximum atomic E-state index is 14.2. The van der Waals surface area contributed by atoms with E-state index in [1.807, 2.05) is 43.2 Å². The largest absolute Gasteiger partial charge is 0.313 e. The third-order valence-corrected chi connectivity index (χ3v) is 3.40. The Morgan fingerprint density at radius 3 is 2.84 bits per heavy atom. The molecular formula is C15H20FN3. The molecule has 1 heterocycles. The van der Waals surface area contributed by atoms with E-state index in [1.165, 1.54) is 0 Å². The molecule has 2 rings (SSSR count). The lowest BCUT2D eigenvalue weighted by Crippen LogP contribution is -2.20. The molecule has 1 N–H and O–H groups in total. The van der Waals surface area contributed by atoms with Crippen LogP contribution in [0.1, 0.15) is 29.7 Å². The third-order valence-electron chi connectivity index (χ3n) is 3.40. The van der Waals surface area contributed by atoms with Crippen molar-refractivity contribution in [3.63, 3.8) is 0 Å². The lowest BCUT2D eigenvalue weighted by molar-refractivity contribution is 0.529. The Kier molecular flexibility index (Phi) is 4.32. The van der Waals surface area contributed by atoms with E-state index in [-0.39, 0.29) is 11.9 Å². The molecule has 0 spiro atoms. The SMILES string of the molecule is CCn1cc(CC(NC)c2cccc(C)c2F)cn1. The summed E-state index contributed by atoms with van der Waals surface area (Å²) >= 11 is 0. The van der Waals surface area contributed by atoms with Gasteiger partial charge in [0.2, 0.25) is 0 Å². The zero-order valence-corrected chi connectivity index (χ0v) is 11.7. The zero-order valence-electron chi connectivity index (χ0n) is 11.7. The van der Waals surface area contributed by atoms with Gasteiger partial charge in [-0.05, 0) is 38.4 Å². The van der Waals surface area contributed by atoms with Gasteiger partial charge in [0.15, 0.2) is 0 Å². The van der Waals surface area contributed by atoms with Crippen molar-refractivity contribution in [3.8, 4) is 0 Å². The number of aromatic nitrogens is 2. The average Bonchev–Trinajstić information content (AvgIpc) is 2.87. The summed E-state index contributed by atoms with van der Waals surface area (Å²) in [5, 5.41) is 7.44. The van der Waals surface area contributed by atoms with Gasteiger partial charge in [0.1, 0.15) is 5.82 Å². The second kappa shape index (κ2) is 5.97. The molecule has 1 aromatic heterocycles. The van der Waals surface area contributed by atoms with Gasteiger partial charge in [-0.15, -0.1) is 0 Å². The van der Waals surface area contributed by atoms with E-state index in [4.69, 9.17) is 0 Å². The molecule has 19 heavy (non-hydrogen) atoms. The van der Waals surface area contributed by atoms with Gasteiger partial charge in [-0.2, -0.15) is 5.10 Å². The van der Waals surface area contributed by atoms with E-state index in [9.17, 15) is 4.39 Å². The van der Waals surface area contributed by atoms with Crippen LogP contribution in [0.25, 0.3) is 0 Å². The first-order chi connectivity index (χ1) is 9.15. The summed E-state index contributed by atoms with van der Waals surface area (Å²) in [5.74, 6) is -0.121. The molecule has 1 aromatic carbocycles. The highest BCUT2D eigenvalue weighted by molar-refractivity contribution is 5.28. The highest BCUT2D eigenvalue weighted by atomic mass is 19.1. The van der Waals surface area contributed by atoms with Crippen molar-refractivity contribution < 1.29 is 4.39 Å². The molecule has 102 valence electrons. The lowest BCUT2D eigenvalue weighted by atomic mass is 9.98. The van der Waals surface area contributed by atoms with E-state index in [1.54, 1.807) is 13.0 Å². The van der Waals surface area contributed by atoms with Gasteiger partial charge in [0, 0.05) is 24.3 Å². The summed E-state index contributed by atoms with van der Waals surface area (Å²) in [7, 11) is 1.86. The third kappa shape index (κ3) is 3.01. The summed E-state index contributed by atoms with van der Waals surface area (Å²) < 4.78 is 16.0. The van der Waals surface area contributed by atoms with Crippen LogP contribution in [-0.2, 0) is 13.0 Å². The summed E-state index contributed by atoms with van der Waals surface area (Å²) in [6.07, 6.45) is 4.59. The van der Waals surface area contributed by atoms with Crippen molar-refractivity contribution in [2.24, 2.45) is 0 Å². The standard InChI is InChI=1S/C15H20FN3/c1-4-19-10-12(9-18-19)8-14(17-3)13-7-5-6-11(2)15(13)16/h5-7,9-10,14,17H,4,8H2,1-3H3. The molecule has 0 saturated heterocycles. The van der Waals surface area contributed by atoms with Gasteiger partial charge in [0.05, 0.1) is 6.20 Å². The molecule has 0 aliphatic rings. The fraction of sp³-hybridized carbons (Fsp3) is 0.400. The number of benzene rings is 1. The van der Waals surface area contributed by atoms with Crippen LogP contribution in [0.15, 0.2) is 30.6 Å². The van der Waals surface area contributed by atoms with Crippen molar-refractivity contribution in [1.82, 2.24) is 15.1 Å². The van der Waals surface area contributed by atoms with Crippen LogP contribution in [-0.4, -0.2) is 16.8 Å². The van der Waals surface area contributed by atoms with Crippen LogP contribution in [0.5, 0.6) is 0 Å². The van der Waals surface area contributed by atoms with Crippen LogP contribution in [0.2, 0.25) is 0 Å². The van der Waals surface area contributed by atoms with Gasteiger partial charge in [-0.3, -0.25) is 4.68 Å². The molecule has 2 aromatic rings. The number of likely N-dealkylation sites (N-methyl/N-ethyl adjacent to an activating group) is 1. The molecule has 1 unspecified atom stereocenters. The molecule has 0 radical (unpaired) electrons. The summed E-state index contributed by atoms with van der Waals surface area (Å²) in [6.45, 7) is 4.69. The molecular weight excluding hydrogens is 241 g/mol. The normalized spacial score (nSPS) is 12.6. The van der Waals surface area contributed by atoms with Crippen molar-refractivity contribution in [2.45, 2.75) is 32.9 Å². The van der Waals surface area contributed by atoms with Crippen LogP contribution in [0, 0.1) is 12.7 Å². The maximum absolute atomic E-state index is 14.2. The zero-order chi connectivity index (χ0) is 13.8. The Balaban J connectivity index is 2.22. The van der Waals surface area contributed by atoms with Crippen LogP contribution in [0.4, 0.5) is 4.39 Å². The summed E-state index contributed by atoms with van der Waals surface area (Å²) in [6, 6.07) is 5.50. The first kappa shape index (κ1) is 13.7. The number of hydrogen-bond acceptors (Lipinski definition) is 2. The molecule has 1 atom stereocenters. The predicted octanol–water partition coefficient (Wildman–Crippen LogP) is 2.85. The second-order valence-corrected chi connectivity index (χ2v) is 4.73. The van der Waals surface area contributed by atoms with Crippen molar-refractivity contribution in [2.75, 3.05) is 7.05 Å². The number of hydrogen-bond donors (Lipinski definition) is 1. The average molecular weight is 261 g/mol. The van der Waals surface area contributed by atoms with Gasteiger partial charge >= 0.3 is 0 Å². The van der Waals surface area contributed by atoms with Gasteiger partial charge in [-0.1, -0.05) is 18.2 Å². The first-order valence-corrected chi connectivity index (χ1v) is 6.59. The van der Waals surface area contributed by atoms with Gasteiger partial charge in [-0.25, -0.2) is 4.39 Å². The van der Waals surface area contributed by atoms with Gasteiger partial charge in [0.25, 0.3) is 0 Å². The van der Waals surface area contributed by atoms with Crippen LogP contribution in [0.3, 0.4) is 0 Å². The smallest absolute Gasteiger partial charge is 0.130 e. The molecule has 4 heteroatoms. The molecule has 3 nitrogen and oxygen atoms in total. The molecule has 0 bridgehead atoms. The minimum absolute atomic E-state index is 0.0330. The quantitative estimate of drug-likeness (QED) is 0.897. The maximum Gasteiger partial charge on any atom is 0.130 e. The number of aryl methyl sites for hydroxylation is 2. The minimum atomic E-state index is -0.121. The molecule has 0 aliphatic heterocycles. The minimum Gasteiger partial charge on any atom is -0.313 e. The van der Waals surface area contributed by atoms with E-state index in [0.29, 0.717) is 11.1 Å². The van der Waals surface area contributed by atoms with Gasteiger partial charge < -0.3 is 5.32 Å².